The number of hydrogen-bond acceptors (Lipinski definition) is 7. The van der Waals surface area contributed by atoms with Gasteiger partial charge in [-0.2, -0.15) is 23.0 Å². The van der Waals surface area contributed by atoms with Gasteiger partial charge >= 0.3 is 6.18 Å². The number of rotatable bonds is 7. The first-order valence-corrected chi connectivity index (χ1v) is 13.3. The summed E-state index contributed by atoms with van der Waals surface area (Å²) in [5.41, 5.74) is -1.10. The molecule has 38 heavy (non-hydrogen) atoms. The lowest BCUT2D eigenvalue weighted by atomic mass is 9.82. The van der Waals surface area contributed by atoms with Crippen LogP contribution in [0.1, 0.15) is 46.3 Å². The van der Waals surface area contributed by atoms with Gasteiger partial charge in [0.2, 0.25) is 5.91 Å². The second-order valence-electron chi connectivity index (χ2n) is 9.39. The Hall–Kier alpha value is -3.75. The summed E-state index contributed by atoms with van der Waals surface area (Å²) < 4.78 is 82.1. The van der Waals surface area contributed by atoms with Crippen LogP contribution >= 0.6 is 0 Å². The third-order valence-electron chi connectivity index (χ3n) is 5.90. The number of hydrogen-bond donors (Lipinski definition) is 2. The van der Waals surface area contributed by atoms with Gasteiger partial charge in [-0.3, -0.25) is 9.59 Å². The van der Waals surface area contributed by atoms with Crippen molar-refractivity contribution in [2.24, 2.45) is 0 Å². The van der Waals surface area contributed by atoms with Crippen LogP contribution in [-0.2, 0) is 33.0 Å². The molecule has 0 radical (unpaired) electrons. The van der Waals surface area contributed by atoms with Crippen LogP contribution in [0.4, 0.5) is 23.4 Å². The van der Waals surface area contributed by atoms with Crippen molar-refractivity contribution in [3.8, 4) is 5.82 Å². The molecule has 0 saturated heterocycles. The van der Waals surface area contributed by atoms with E-state index in [4.69, 9.17) is 4.52 Å². The molecule has 15 heteroatoms. The highest BCUT2D eigenvalue weighted by molar-refractivity contribution is 7.91. The summed E-state index contributed by atoms with van der Waals surface area (Å²) >= 11 is 0. The van der Waals surface area contributed by atoms with Gasteiger partial charge in [-0.05, 0) is 31.9 Å². The van der Waals surface area contributed by atoms with Crippen LogP contribution < -0.4 is 10.6 Å². The molecule has 0 aliphatic carbocycles. The van der Waals surface area contributed by atoms with Gasteiger partial charge in [0.15, 0.2) is 21.5 Å². The van der Waals surface area contributed by atoms with Crippen molar-refractivity contribution in [3.05, 3.63) is 58.2 Å². The number of benzene rings is 1. The predicted octanol–water partition coefficient (Wildman–Crippen LogP) is 2.99. The topological polar surface area (TPSA) is 136 Å². The van der Waals surface area contributed by atoms with E-state index in [1.165, 1.54) is 25.1 Å². The van der Waals surface area contributed by atoms with E-state index in [0.29, 0.717) is 5.76 Å². The molecule has 0 saturated carbocycles. The molecule has 204 valence electrons. The van der Waals surface area contributed by atoms with Gasteiger partial charge < -0.3 is 15.2 Å². The zero-order valence-corrected chi connectivity index (χ0v) is 21.3. The quantitative estimate of drug-likeness (QED) is 0.426. The van der Waals surface area contributed by atoms with E-state index in [0.717, 1.165) is 17.0 Å². The SMILES string of the molecule is Cc1cc(-n2nc3c(c2NC(=O)CS(C)(=O)=O)C(=O)N[C@](C)(c2ccc(CCC(F)(F)F)cc2F)C3)no1. The number of alkyl halides is 3. The van der Waals surface area contributed by atoms with Gasteiger partial charge in [-0.15, -0.1) is 0 Å². The Morgan fingerprint density at radius 2 is 2.00 bits per heavy atom. The molecular weight excluding hydrogens is 534 g/mol. The second-order valence-corrected chi connectivity index (χ2v) is 11.5. The number of halogens is 4. The number of carbonyl (C=O) groups is 2. The van der Waals surface area contributed by atoms with Crippen molar-refractivity contribution in [1.29, 1.82) is 0 Å². The van der Waals surface area contributed by atoms with Crippen molar-refractivity contribution < 1.29 is 40.1 Å². The smallest absolute Gasteiger partial charge is 0.359 e. The van der Waals surface area contributed by atoms with E-state index >= 15 is 4.39 Å². The average molecular weight is 558 g/mol. The highest BCUT2D eigenvalue weighted by Crippen LogP contribution is 2.36. The molecule has 10 nitrogen and oxygen atoms in total. The molecule has 4 rings (SSSR count). The van der Waals surface area contributed by atoms with E-state index in [9.17, 15) is 31.2 Å². The molecule has 2 aromatic heterocycles. The summed E-state index contributed by atoms with van der Waals surface area (Å²) in [6.07, 6.45) is -5.07. The van der Waals surface area contributed by atoms with E-state index in [1.54, 1.807) is 6.92 Å². The molecule has 1 aliphatic heterocycles. The van der Waals surface area contributed by atoms with Crippen molar-refractivity contribution in [1.82, 2.24) is 20.3 Å². The lowest BCUT2D eigenvalue weighted by molar-refractivity contribution is -0.134. The maximum Gasteiger partial charge on any atom is 0.389 e. The van der Waals surface area contributed by atoms with E-state index < -0.39 is 57.8 Å². The van der Waals surface area contributed by atoms with Crippen LogP contribution in [0.15, 0.2) is 28.8 Å². The Morgan fingerprint density at radius 1 is 1.29 bits per heavy atom. The first-order valence-electron chi connectivity index (χ1n) is 11.3. The number of amides is 2. The fraction of sp³-hybridized carbons (Fsp3) is 0.391. The predicted molar refractivity (Wildman–Crippen MR) is 126 cm³/mol. The Bertz CT molecular complexity index is 1530. The number of aryl methyl sites for hydroxylation is 2. The molecule has 2 N–H and O–H groups in total. The Morgan fingerprint density at radius 3 is 2.58 bits per heavy atom. The largest absolute Gasteiger partial charge is 0.389 e. The average Bonchev–Trinajstić information content (AvgIpc) is 3.33. The summed E-state index contributed by atoms with van der Waals surface area (Å²) in [5.74, 6) is -2.97. The molecule has 1 aromatic carbocycles. The summed E-state index contributed by atoms with van der Waals surface area (Å²) in [5, 5.41) is 13.3. The van der Waals surface area contributed by atoms with Crippen molar-refractivity contribution >= 4 is 27.5 Å². The van der Waals surface area contributed by atoms with Crippen molar-refractivity contribution in [3.63, 3.8) is 0 Å². The van der Waals surface area contributed by atoms with Crippen LogP contribution in [0.5, 0.6) is 0 Å². The first-order chi connectivity index (χ1) is 17.5. The summed E-state index contributed by atoms with van der Waals surface area (Å²) in [7, 11) is -3.69. The first kappa shape index (κ1) is 27.3. The Labute approximate surface area is 214 Å². The number of aromatic nitrogens is 3. The van der Waals surface area contributed by atoms with Crippen molar-refractivity contribution in [2.45, 2.75) is 44.8 Å². The number of nitrogens with zero attached hydrogens (tertiary/aromatic N) is 3. The third kappa shape index (κ3) is 5.87. The van der Waals surface area contributed by atoms with E-state index in [1.807, 2.05) is 0 Å². The minimum absolute atomic E-state index is 0.0294. The number of sulfone groups is 1. The molecule has 0 unspecified atom stereocenters. The van der Waals surface area contributed by atoms with E-state index in [2.05, 4.69) is 20.9 Å². The zero-order chi connectivity index (χ0) is 28.0. The standard InChI is InChI=1S/C23H23F4N5O5S/c1-12-8-17(31-37-12)32-20(28-18(33)11-38(3,35)36)19-16(30-32)10-22(2,29-21(19)34)14-5-4-13(9-15(14)24)6-7-23(25,26)27/h4-5,8-9H,6-7,10-11H2,1-3H3,(H,28,33)(H,29,34)/t22-/m0/s1. The van der Waals surface area contributed by atoms with Crippen LogP contribution in [0.3, 0.4) is 0 Å². The second kappa shape index (κ2) is 9.53. The molecule has 1 atom stereocenters. The summed E-state index contributed by atoms with van der Waals surface area (Å²) in [6.45, 7) is 3.13. The number of fused-ring (bicyclic) bond motifs is 1. The molecular formula is C23H23F4N5O5S. The Kier molecular flexibility index (Phi) is 6.84. The normalized spacial score (nSPS) is 17.7. The lowest BCUT2D eigenvalue weighted by Gasteiger charge is -2.35. The minimum Gasteiger partial charge on any atom is -0.359 e. The molecule has 3 heterocycles. The number of nitrogens with one attached hydrogen (secondary N) is 2. The molecule has 2 amide bonds. The van der Waals surface area contributed by atoms with Crippen LogP contribution in [0.25, 0.3) is 5.82 Å². The monoisotopic (exact) mass is 557 g/mol. The highest BCUT2D eigenvalue weighted by atomic mass is 32.2. The molecule has 0 spiro atoms. The van der Waals surface area contributed by atoms with Gasteiger partial charge in [-0.1, -0.05) is 17.3 Å². The van der Waals surface area contributed by atoms with Gasteiger partial charge in [-0.25, -0.2) is 12.8 Å². The van der Waals surface area contributed by atoms with Crippen LogP contribution in [0.2, 0.25) is 0 Å². The number of anilines is 1. The Balaban J connectivity index is 1.72. The van der Waals surface area contributed by atoms with Crippen LogP contribution in [-0.4, -0.2) is 53.4 Å². The van der Waals surface area contributed by atoms with Gasteiger partial charge in [0.25, 0.3) is 5.91 Å². The van der Waals surface area contributed by atoms with Gasteiger partial charge in [0.05, 0.1) is 11.2 Å². The fourth-order valence-corrected chi connectivity index (χ4v) is 4.82. The molecule has 0 fully saturated rings. The molecule has 1 aliphatic rings. The van der Waals surface area contributed by atoms with Crippen molar-refractivity contribution in [2.75, 3.05) is 17.3 Å². The highest BCUT2D eigenvalue weighted by Gasteiger charge is 2.42. The third-order valence-corrected chi connectivity index (χ3v) is 6.69. The lowest BCUT2D eigenvalue weighted by Crippen LogP contribution is -2.49. The summed E-state index contributed by atoms with van der Waals surface area (Å²) in [4.78, 5) is 25.7. The van der Waals surface area contributed by atoms with Gasteiger partial charge in [0, 0.05) is 30.7 Å². The van der Waals surface area contributed by atoms with E-state index in [-0.39, 0.29) is 40.4 Å². The zero-order valence-electron chi connectivity index (χ0n) is 20.4. The molecule has 3 aromatic rings. The van der Waals surface area contributed by atoms with Crippen LogP contribution in [0, 0.1) is 12.7 Å². The number of carbonyl (C=O) groups excluding carboxylic acids is 2. The maximum absolute atomic E-state index is 15.1. The minimum atomic E-state index is -4.38. The maximum atomic E-state index is 15.1. The van der Waals surface area contributed by atoms with Gasteiger partial charge in [0.1, 0.15) is 22.9 Å². The summed E-state index contributed by atoms with van der Waals surface area (Å²) in [6, 6.07) is 5.16. The fourth-order valence-electron chi connectivity index (χ4n) is 4.27. The molecule has 0 bridgehead atoms.